The van der Waals surface area contributed by atoms with Gasteiger partial charge >= 0.3 is 0 Å². The Labute approximate surface area is 841 Å². The van der Waals surface area contributed by atoms with Gasteiger partial charge in [0.15, 0.2) is 0 Å². The van der Waals surface area contributed by atoms with Gasteiger partial charge in [-0.3, -0.25) is 9.97 Å². The lowest BCUT2D eigenvalue weighted by Gasteiger charge is -2.21. The summed E-state index contributed by atoms with van der Waals surface area (Å²) in [6, 6.07) is 108. The SMILES string of the molecule is CC(C)(C)c1ccc(-c2ccc(C(C)(C)C)c(C#N)c2)cc1.CC(C)(C)c1ccc(-c2ccc3cc(C(C)(C)C)ccc3c2)cc1.CC(C)(C)c1ccc(-c2ccc3nc(C(C)(C)C)ccc3c2)cc1.CC(C)(C)c1ccc(-c2ccc3nc(C(C)(C)C)cnc3c2)cc1.CC(C)(C)c1ccc(-c2ccc3nc(C(C)(C)C)ncc3c2)cc1.CC(C)(C)c1ccc2cc3ccc(C(C)(C)C)cc3cc2c1. The van der Waals surface area contributed by atoms with E-state index in [1.165, 1.54) is 127 Å². The average molecular weight is 1850 g/mol. The van der Waals surface area contributed by atoms with Crippen molar-refractivity contribution >= 4 is 65.2 Å². The van der Waals surface area contributed by atoms with E-state index in [9.17, 15) is 5.26 Å². The van der Waals surface area contributed by atoms with Gasteiger partial charge < -0.3 is 0 Å². The van der Waals surface area contributed by atoms with Gasteiger partial charge in [0.05, 0.1) is 39.4 Å². The van der Waals surface area contributed by atoms with Crippen LogP contribution < -0.4 is 0 Å². The maximum Gasteiger partial charge on any atom is 0.134 e. The largest absolute Gasteiger partial charge is 0.253 e. The van der Waals surface area contributed by atoms with Gasteiger partial charge in [0.25, 0.3) is 0 Å². The van der Waals surface area contributed by atoms with E-state index in [1.54, 1.807) is 0 Å². The zero-order chi connectivity index (χ0) is 103. The van der Waals surface area contributed by atoms with Crippen LogP contribution in [0, 0.1) is 11.3 Å². The molecule has 0 bridgehead atoms. The van der Waals surface area contributed by atoms with Crippen molar-refractivity contribution in [1.82, 2.24) is 24.9 Å². The molecule has 0 spiro atoms. The van der Waals surface area contributed by atoms with Crippen LogP contribution in [0.25, 0.3) is 121 Å². The van der Waals surface area contributed by atoms with Gasteiger partial charge in [-0.1, -0.05) is 474 Å². The number of hydrogen-bond donors (Lipinski definition) is 0. The third-order valence-corrected chi connectivity index (χ3v) is 26.6. The molecule has 0 saturated carbocycles. The highest BCUT2D eigenvalue weighted by molar-refractivity contribution is 5.99. The number of benzene rings is 14. The summed E-state index contributed by atoms with van der Waals surface area (Å²) in [7, 11) is 0. The van der Waals surface area contributed by atoms with Crippen molar-refractivity contribution in [2.45, 2.75) is 314 Å². The molecule has 0 amide bonds. The highest BCUT2D eigenvalue weighted by atomic mass is 14.9. The van der Waals surface area contributed by atoms with Crippen molar-refractivity contribution in [2.24, 2.45) is 0 Å². The Morgan fingerprint density at radius 3 is 0.800 bits per heavy atom. The van der Waals surface area contributed by atoms with Crippen LogP contribution in [-0.4, -0.2) is 24.9 Å². The molecule has 3 aromatic heterocycles. The van der Waals surface area contributed by atoms with Crippen molar-refractivity contribution in [3.63, 3.8) is 0 Å². The molecular formula is C134H158N6. The Kier molecular flexibility index (Phi) is 31.1. The molecular weight excluding hydrogens is 1690 g/mol. The first kappa shape index (κ1) is 106. The normalized spacial score (nSPS) is 12.6. The first-order valence-corrected chi connectivity index (χ1v) is 50.4. The number of hydrogen-bond acceptors (Lipinski definition) is 6. The predicted molar refractivity (Wildman–Crippen MR) is 609 cm³/mol. The monoisotopic (exact) mass is 1850 g/mol. The topological polar surface area (TPSA) is 88.2 Å². The summed E-state index contributed by atoms with van der Waals surface area (Å²) in [5.41, 5.74) is 32.6. The quantitative estimate of drug-likeness (QED) is 0.160. The van der Waals surface area contributed by atoms with Gasteiger partial charge in [-0.05, 0) is 253 Å². The van der Waals surface area contributed by atoms with Crippen LogP contribution >= 0.6 is 0 Å². The molecule has 17 rings (SSSR count). The molecule has 6 heteroatoms. The number of nitriles is 1. The van der Waals surface area contributed by atoms with E-state index in [4.69, 9.17) is 15.0 Å². The molecule has 3 heterocycles. The van der Waals surface area contributed by atoms with Crippen LogP contribution in [0.3, 0.4) is 0 Å². The minimum Gasteiger partial charge on any atom is -0.253 e. The first-order chi connectivity index (χ1) is 64.8. The number of aromatic nitrogens is 5. The Bertz CT molecular complexity index is 6580. The van der Waals surface area contributed by atoms with Gasteiger partial charge in [0.1, 0.15) is 5.82 Å². The van der Waals surface area contributed by atoms with E-state index < -0.39 is 0 Å². The number of pyridine rings is 1. The molecule has 6 nitrogen and oxygen atoms in total. The van der Waals surface area contributed by atoms with Crippen molar-refractivity contribution in [1.29, 1.82) is 5.26 Å². The van der Waals surface area contributed by atoms with Gasteiger partial charge in [-0.15, -0.1) is 0 Å². The van der Waals surface area contributed by atoms with Crippen molar-refractivity contribution < 1.29 is 0 Å². The van der Waals surface area contributed by atoms with E-state index in [0.29, 0.717) is 0 Å². The summed E-state index contributed by atoms with van der Waals surface area (Å²) >= 11 is 0. The maximum absolute atomic E-state index is 9.45. The molecule has 0 aliphatic heterocycles. The molecule has 0 aliphatic rings. The molecule has 14 aromatic carbocycles. The Morgan fingerprint density at radius 1 is 0.171 bits per heavy atom. The molecule has 724 valence electrons. The third-order valence-electron chi connectivity index (χ3n) is 26.6. The minimum atomic E-state index is -0.0321. The number of rotatable bonds is 5. The maximum atomic E-state index is 9.45. The van der Waals surface area contributed by atoms with Crippen LogP contribution in [0.15, 0.2) is 304 Å². The third kappa shape index (κ3) is 27.4. The van der Waals surface area contributed by atoms with Gasteiger partial charge in [0.2, 0.25) is 0 Å². The summed E-state index contributed by atoms with van der Waals surface area (Å²) < 4.78 is 0. The van der Waals surface area contributed by atoms with Crippen LogP contribution in [0.2, 0.25) is 0 Å². The van der Waals surface area contributed by atoms with Crippen LogP contribution in [0.5, 0.6) is 0 Å². The van der Waals surface area contributed by atoms with E-state index in [0.717, 1.165) is 66.9 Å². The molecule has 0 N–H and O–H groups in total. The summed E-state index contributed by atoms with van der Waals surface area (Å²) in [5.74, 6) is 0.886. The van der Waals surface area contributed by atoms with Gasteiger partial charge in [-0.25, -0.2) is 15.0 Å². The van der Waals surface area contributed by atoms with Gasteiger partial charge in [-0.2, -0.15) is 5.26 Å². The summed E-state index contributed by atoms with van der Waals surface area (Å²) in [6.45, 7) is 79.9. The van der Waals surface area contributed by atoms with Crippen molar-refractivity contribution in [2.75, 3.05) is 0 Å². The van der Waals surface area contributed by atoms with Crippen molar-refractivity contribution in [3.05, 3.63) is 376 Å². The molecule has 0 unspecified atom stereocenters. The van der Waals surface area contributed by atoms with E-state index in [-0.39, 0.29) is 65.0 Å². The zero-order valence-corrected chi connectivity index (χ0v) is 91.6. The Morgan fingerprint density at radius 2 is 0.443 bits per heavy atom. The molecule has 0 saturated heterocycles. The van der Waals surface area contributed by atoms with Crippen molar-refractivity contribution in [3.8, 4) is 61.7 Å². The summed E-state index contributed by atoms with van der Waals surface area (Å²) in [4.78, 5) is 23.5. The Balaban J connectivity index is 0.000000150. The number of nitrogens with zero attached hydrogens (tertiary/aromatic N) is 6. The lowest BCUT2D eigenvalue weighted by molar-refractivity contribution is 0.548. The average Bonchev–Trinajstić information content (AvgIpc) is 0.724. The highest BCUT2D eigenvalue weighted by Crippen LogP contribution is 2.40. The molecule has 0 fully saturated rings. The fraction of sp³-hybridized carbons (Fsp3) is 0.358. The standard InChI is InChI=1S/C24H28.C23H27N.2C22H26N2.C22H26.C21H25N/c1-23(2,3)21-12-9-17(10-13-21)18-7-8-20-16-22(24(4,5)6)14-11-19(20)15-18;1-22(2,3)19-11-7-16(8-12-19)17-9-13-20-18(15-17)10-14-21(24-20)23(4,5)6;1-21(2,3)18-10-7-15(8-11-18)16-9-12-19-17(13-16)14-23-20(24-19)22(4,5)6;1-21(2,3)17-10-7-15(8-11-17)16-9-12-18-19(13-16)23-14-20(24-18)22(4,5)6;1-21(2,3)19-9-7-15-11-16-8-10-20(22(4,5)6)14-18(16)12-17(15)13-19;1-20(2,3)18-10-7-15(8-11-18)16-9-12-19(21(4,5)6)17(13-16)14-22/h7-16H,1-6H3;7-15H,1-6H3;2*7-14H,1-6H3;7-14H,1-6H3;7-13H,1-6H3. The van der Waals surface area contributed by atoms with Crippen LogP contribution in [0.1, 0.15) is 322 Å². The second-order valence-electron chi connectivity index (χ2n) is 51.0. The fourth-order valence-corrected chi connectivity index (χ4v) is 17.0. The minimum absolute atomic E-state index is 0.0142. The molecule has 17 aromatic rings. The first-order valence-electron chi connectivity index (χ1n) is 50.4. The molecule has 140 heavy (non-hydrogen) atoms. The summed E-state index contributed by atoms with van der Waals surface area (Å²) in [5, 5.41) is 19.7. The van der Waals surface area contributed by atoms with E-state index in [1.807, 2.05) is 18.5 Å². The number of fused-ring (bicyclic) bond motifs is 6. The lowest BCUT2D eigenvalue weighted by atomic mass is 9.82. The molecule has 0 atom stereocenters. The highest BCUT2D eigenvalue weighted by Gasteiger charge is 2.26. The Hall–Kier alpha value is -12.6. The fourth-order valence-electron chi connectivity index (χ4n) is 17.0. The summed E-state index contributed by atoms with van der Waals surface area (Å²) in [6.07, 6.45) is 3.84. The second kappa shape index (κ2) is 40.9. The molecule has 0 aliphatic carbocycles. The van der Waals surface area contributed by atoms with Crippen LogP contribution in [0.4, 0.5) is 0 Å². The van der Waals surface area contributed by atoms with E-state index in [2.05, 4.69) is 550 Å². The van der Waals surface area contributed by atoms with E-state index >= 15 is 0 Å². The smallest absolute Gasteiger partial charge is 0.134 e. The van der Waals surface area contributed by atoms with Gasteiger partial charge in [0, 0.05) is 45.1 Å². The zero-order valence-electron chi connectivity index (χ0n) is 91.6. The lowest BCUT2D eigenvalue weighted by Crippen LogP contribution is -2.15. The predicted octanol–water partition coefficient (Wildman–Crippen LogP) is 37.8. The molecule has 0 radical (unpaired) electrons. The second-order valence-corrected chi connectivity index (χ2v) is 51.0. The van der Waals surface area contributed by atoms with Crippen LogP contribution in [-0.2, 0) is 65.0 Å².